The molecule has 2 aliphatic heterocycles. The molecule has 1 aromatic rings. The van der Waals surface area contributed by atoms with E-state index in [0.29, 0.717) is 23.4 Å². The van der Waals surface area contributed by atoms with Gasteiger partial charge in [-0.1, -0.05) is 0 Å². The van der Waals surface area contributed by atoms with Crippen LogP contribution >= 0.6 is 0 Å². The molecule has 7 heteroatoms. The molecule has 3 rings (SSSR count). The topological polar surface area (TPSA) is 89.5 Å². The first-order chi connectivity index (χ1) is 9.85. The van der Waals surface area contributed by atoms with Gasteiger partial charge in [-0.25, -0.2) is 8.42 Å². The number of Topliss-reactive ketones (excluding diaryl/α,β-unsaturated/α-hetero) is 1. The summed E-state index contributed by atoms with van der Waals surface area (Å²) in [5, 5.41) is 2.68. The van der Waals surface area contributed by atoms with Crippen LogP contribution in [0.2, 0.25) is 0 Å². The highest BCUT2D eigenvalue weighted by Crippen LogP contribution is 2.32. The number of benzene rings is 1. The van der Waals surface area contributed by atoms with E-state index in [1.807, 2.05) is 0 Å². The zero-order chi connectivity index (χ0) is 15.2. The van der Waals surface area contributed by atoms with Crippen molar-refractivity contribution in [3.8, 4) is 5.75 Å². The predicted molar refractivity (Wildman–Crippen MR) is 76.3 cm³/mol. The van der Waals surface area contributed by atoms with Crippen LogP contribution in [0.5, 0.6) is 5.75 Å². The molecular formula is C14H15NO5S. The van der Waals surface area contributed by atoms with Crippen molar-refractivity contribution in [3.63, 3.8) is 0 Å². The van der Waals surface area contributed by atoms with Crippen LogP contribution in [-0.4, -0.2) is 37.7 Å². The number of ether oxygens (including phenoxy) is 1. The molecule has 0 saturated carbocycles. The Morgan fingerprint density at radius 2 is 2.14 bits per heavy atom. The molecule has 1 aromatic carbocycles. The summed E-state index contributed by atoms with van der Waals surface area (Å²) in [6.07, 6.45) is -0.211. The van der Waals surface area contributed by atoms with Crippen molar-refractivity contribution in [1.29, 1.82) is 0 Å². The number of sulfone groups is 1. The number of fused-ring (bicyclic) bond motifs is 1. The minimum absolute atomic E-state index is 0.0612. The number of amides is 1. The van der Waals surface area contributed by atoms with Gasteiger partial charge < -0.3 is 10.1 Å². The molecule has 21 heavy (non-hydrogen) atoms. The van der Waals surface area contributed by atoms with Crippen LogP contribution in [0, 0.1) is 5.92 Å². The van der Waals surface area contributed by atoms with Gasteiger partial charge in [-0.2, -0.15) is 0 Å². The summed E-state index contributed by atoms with van der Waals surface area (Å²) in [5.41, 5.74) is 0.846. The van der Waals surface area contributed by atoms with E-state index in [4.69, 9.17) is 4.74 Å². The van der Waals surface area contributed by atoms with E-state index < -0.39 is 21.9 Å². The zero-order valence-corrected chi connectivity index (χ0v) is 12.3. The lowest BCUT2D eigenvalue weighted by Gasteiger charge is -2.23. The van der Waals surface area contributed by atoms with Crippen molar-refractivity contribution in [3.05, 3.63) is 23.8 Å². The Hall–Kier alpha value is -1.89. The molecular weight excluding hydrogens is 294 g/mol. The van der Waals surface area contributed by atoms with Gasteiger partial charge >= 0.3 is 0 Å². The molecule has 112 valence electrons. The van der Waals surface area contributed by atoms with E-state index >= 15 is 0 Å². The van der Waals surface area contributed by atoms with Crippen molar-refractivity contribution in [2.24, 2.45) is 5.92 Å². The molecule has 1 amide bonds. The van der Waals surface area contributed by atoms with Crippen LogP contribution < -0.4 is 10.1 Å². The third-order valence-corrected chi connectivity index (χ3v) is 5.57. The Morgan fingerprint density at radius 1 is 1.38 bits per heavy atom. The number of carbonyl (C=O) groups is 2. The largest absolute Gasteiger partial charge is 0.479 e. The predicted octanol–water partition coefficient (Wildman–Crippen LogP) is 1.02. The summed E-state index contributed by atoms with van der Waals surface area (Å²) in [6, 6.07) is 4.78. The van der Waals surface area contributed by atoms with Crippen molar-refractivity contribution in [1.82, 2.24) is 0 Å². The fraction of sp³-hybridized carbons (Fsp3) is 0.429. The van der Waals surface area contributed by atoms with Gasteiger partial charge in [-0.05, 0) is 31.5 Å². The summed E-state index contributed by atoms with van der Waals surface area (Å²) >= 11 is 0. The maximum Gasteiger partial charge on any atom is 0.265 e. The van der Waals surface area contributed by atoms with Crippen LogP contribution in [0.3, 0.4) is 0 Å². The molecule has 2 heterocycles. The van der Waals surface area contributed by atoms with Crippen LogP contribution in [0.15, 0.2) is 18.2 Å². The molecule has 0 bridgehead atoms. The first-order valence-corrected chi connectivity index (χ1v) is 8.54. The van der Waals surface area contributed by atoms with Crippen molar-refractivity contribution >= 4 is 27.2 Å². The molecule has 1 N–H and O–H groups in total. The molecule has 0 radical (unpaired) electrons. The lowest BCUT2D eigenvalue weighted by atomic mass is 9.96. The zero-order valence-electron chi connectivity index (χ0n) is 11.5. The third-order valence-electron chi connectivity index (χ3n) is 3.80. The summed E-state index contributed by atoms with van der Waals surface area (Å²) in [5.74, 6) is -0.485. The van der Waals surface area contributed by atoms with E-state index in [2.05, 4.69) is 5.32 Å². The van der Waals surface area contributed by atoms with E-state index in [1.54, 1.807) is 25.1 Å². The molecule has 2 aliphatic rings. The van der Waals surface area contributed by atoms with Crippen LogP contribution in [0.1, 0.15) is 23.7 Å². The Bertz CT molecular complexity index is 725. The number of nitrogens with one attached hydrogen (secondary N) is 1. The third kappa shape index (κ3) is 2.65. The number of rotatable bonds is 2. The first-order valence-electron chi connectivity index (χ1n) is 6.72. The van der Waals surface area contributed by atoms with E-state index in [9.17, 15) is 18.0 Å². The SMILES string of the molecule is CC1Oc2ccc(C(=O)C3CCS(=O)(=O)C3)cc2NC1=O. The Labute approximate surface area is 122 Å². The van der Waals surface area contributed by atoms with Gasteiger partial charge in [0.25, 0.3) is 5.91 Å². The molecule has 0 spiro atoms. The van der Waals surface area contributed by atoms with Crippen LogP contribution in [0.4, 0.5) is 5.69 Å². The highest BCUT2D eigenvalue weighted by molar-refractivity contribution is 7.91. The van der Waals surface area contributed by atoms with Crippen molar-refractivity contribution < 1.29 is 22.7 Å². The highest BCUT2D eigenvalue weighted by Gasteiger charge is 2.34. The van der Waals surface area contributed by atoms with E-state index in [0.717, 1.165) is 0 Å². The van der Waals surface area contributed by atoms with E-state index in [-0.39, 0.29) is 23.2 Å². The van der Waals surface area contributed by atoms with Gasteiger partial charge in [0.15, 0.2) is 21.7 Å². The smallest absolute Gasteiger partial charge is 0.265 e. The second kappa shape index (κ2) is 4.84. The van der Waals surface area contributed by atoms with Gasteiger partial charge in [0.1, 0.15) is 5.75 Å². The molecule has 0 aromatic heterocycles. The molecule has 1 fully saturated rings. The average Bonchev–Trinajstić information content (AvgIpc) is 2.79. The molecule has 6 nitrogen and oxygen atoms in total. The van der Waals surface area contributed by atoms with Crippen LogP contribution in [0.25, 0.3) is 0 Å². The fourth-order valence-electron chi connectivity index (χ4n) is 2.60. The second-order valence-corrected chi connectivity index (χ2v) is 7.65. The Balaban J connectivity index is 1.86. The van der Waals surface area contributed by atoms with Gasteiger partial charge in [-0.3, -0.25) is 9.59 Å². The lowest BCUT2D eigenvalue weighted by Crippen LogP contribution is -2.34. The quantitative estimate of drug-likeness (QED) is 0.824. The minimum Gasteiger partial charge on any atom is -0.479 e. The summed E-state index contributed by atoms with van der Waals surface area (Å²) in [7, 11) is -3.10. The maximum atomic E-state index is 12.3. The highest BCUT2D eigenvalue weighted by atomic mass is 32.2. The molecule has 0 aliphatic carbocycles. The number of carbonyl (C=O) groups excluding carboxylic acids is 2. The van der Waals surface area contributed by atoms with Gasteiger partial charge in [-0.15, -0.1) is 0 Å². The fourth-order valence-corrected chi connectivity index (χ4v) is 4.34. The monoisotopic (exact) mass is 309 g/mol. The van der Waals surface area contributed by atoms with Crippen molar-refractivity contribution in [2.45, 2.75) is 19.4 Å². The first kappa shape index (κ1) is 14.1. The van der Waals surface area contributed by atoms with E-state index in [1.165, 1.54) is 0 Å². The number of ketones is 1. The second-order valence-electron chi connectivity index (χ2n) is 5.42. The maximum absolute atomic E-state index is 12.3. The Kier molecular flexibility index (Phi) is 3.24. The number of anilines is 1. The van der Waals surface area contributed by atoms with Crippen molar-refractivity contribution in [2.75, 3.05) is 16.8 Å². The standard InChI is InChI=1S/C14H15NO5S/c1-8-14(17)15-11-6-9(2-3-12(11)20-8)13(16)10-4-5-21(18,19)7-10/h2-3,6,8,10H,4-5,7H2,1H3,(H,15,17). The number of hydrogen-bond donors (Lipinski definition) is 1. The number of hydrogen-bond acceptors (Lipinski definition) is 5. The van der Waals surface area contributed by atoms with Gasteiger partial charge in [0.2, 0.25) is 0 Å². The summed E-state index contributed by atoms with van der Waals surface area (Å²) in [4.78, 5) is 23.9. The Morgan fingerprint density at radius 3 is 2.81 bits per heavy atom. The van der Waals surface area contributed by atoms with Gasteiger partial charge in [0, 0.05) is 11.5 Å². The molecule has 1 saturated heterocycles. The van der Waals surface area contributed by atoms with Crippen LogP contribution in [-0.2, 0) is 14.6 Å². The minimum atomic E-state index is -3.10. The average molecular weight is 309 g/mol. The molecule has 2 atom stereocenters. The van der Waals surface area contributed by atoms with Gasteiger partial charge in [0.05, 0.1) is 17.2 Å². The summed E-state index contributed by atoms with van der Waals surface area (Å²) in [6.45, 7) is 1.64. The lowest BCUT2D eigenvalue weighted by molar-refractivity contribution is -0.122. The molecule has 2 unspecified atom stereocenters. The summed E-state index contributed by atoms with van der Waals surface area (Å²) < 4.78 is 28.3. The normalized spacial score (nSPS) is 26.6.